The van der Waals surface area contributed by atoms with Gasteiger partial charge in [0.2, 0.25) is 5.91 Å². The molecule has 1 aliphatic rings. The number of hydrogen-bond donors (Lipinski definition) is 1. The molecular formula is C11H15N3O. The Hall–Kier alpha value is -1.42. The average molecular weight is 205 g/mol. The van der Waals surface area contributed by atoms with E-state index in [1.54, 1.807) is 11.1 Å². The number of anilines is 1. The van der Waals surface area contributed by atoms with Crippen molar-refractivity contribution in [2.45, 2.75) is 19.4 Å². The van der Waals surface area contributed by atoms with E-state index in [-0.39, 0.29) is 5.91 Å². The van der Waals surface area contributed by atoms with Crippen molar-refractivity contribution in [2.75, 3.05) is 18.0 Å². The zero-order chi connectivity index (χ0) is 10.9. The normalized spacial score (nSPS) is 20.4. The standard InChI is InChI=1S/C11H15N3O/c1-11(2)10(15)14(8-7-13-11)9-5-3-4-6-12-9/h3-6,13H,7-8H2,1-2H3. The number of hydrogen-bond acceptors (Lipinski definition) is 3. The maximum absolute atomic E-state index is 12.1. The number of carbonyl (C=O) groups excluding carboxylic acids is 1. The molecule has 1 fully saturated rings. The van der Waals surface area contributed by atoms with Gasteiger partial charge in [-0.15, -0.1) is 0 Å². The van der Waals surface area contributed by atoms with E-state index >= 15 is 0 Å². The minimum atomic E-state index is -0.490. The number of amides is 1. The van der Waals surface area contributed by atoms with Gasteiger partial charge in [0.25, 0.3) is 0 Å². The molecule has 0 spiro atoms. The van der Waals surface area contributed by atoms with Gasteiger partial charge in [0.1, 0.15) is 5.82 Å². The molecule has 0 bridgehead atoms. The maximum atomic E-state index is 12.1. The second-order valence-electron chi connectivity index (χ2n) is 4.20. The van der Waals surface area contributed by atoms with Crippen LogP contribution in [0.2, 0.25) is 0 Å². The number of piperazine rings is 1. The van der Waals surface area contributed by atoms with Gasteiger partial charge < -0.3 is 5.32 Å². The van der Waals surface area contributed by atoms with Crippen molar-refractivity contribution in [2.24, 2.45) is 0 Å². The van der Waals surface area contributed by atoms with Gasteiger partial charge in [-0.05, 0) is 26.0 Å². The molecule has 0 radical (unpaired) electrons. The summed E-state index contributed by atoms with van der Waals surface area (Å²) >= 11 is 0. The number of rotatable bonds is 1. The molecule has 1 aromatic rings. The first-order valence-corrected chi connectivity index (χ1v) is 5.09. The molecule has 0 aromatic carbocycles. The number of nitrogens with one attached hydrogen (secondary N) is 1. The highest BCUT2D eigenvalue weighted by molar-refractivity contribution is 5.99. The summed E-state index contributed by atoms with van der Waals surface area (Å²) in [6.45, 7) is 5.27. The third-order valence-corrected chi connectivity index (χ3v) is 2.61. The van der Waals surface area contributed by atoms with E-state index in [2.05, 4.69) is 10.3 Å². The first-order valence-electron chi connectivity index (χ1n) is 5.09. The van der Waals surface area contributed by atoms with E-state index in [4.69, 9.17) is 0 Å². The summed E-state index contributed by atoms with van der Waals surface area (Å²) in [7, 11) is 0. The molecule has 4 heteroatoms. The van der Waals surface area contributed by atoms with Crippen molar-refractivity contribution in [3.05, 3.63) is 24.4 Å². The van der Waals surface area contributed by atoms with E-state index in [0.717, 1.165) is 12.4 Å². The van der Waals surface area contributed by atoms with Crippen LogP contribution < -0.4 is 10.2 Å². The molecule has 1 aliphatic heterocycles. The average Bonchev–Trinajstić information content (AvgIpc) is 2.23. The molecule has 80 valence electrons. The summed E-state index contributed by atoms with van der Waals surface area (Å²) in [5.41, 5.74) is -0.490. The number of nitrogens with zero attached hydrogens (tertiary/aromatic N) is 2. The van der Waals surface area contributed by atoms with Gasteiger partial charge in [-0.2, -0.15) is 0 Å². The molecule has 4 nitrogen and oxygen atoms in total. The van der Waals surface area contributed by atoms with Gasteiger partial charge in [-0.25, -0.2) is 4.98 Å². The Balaban J connectivity index is 2.27. The van der Waals surface area contributed by atoms with Crippen LogP contribution in [0.25, 0.3) is 0 Å². The number of aromatic nitrogens is 1. The lowest BCUT2D eigenvalue weighted by Crippen LogP contribution is -2.61. The second kappa shape index (κ2) is 3.62. The molecule has 0 atom stereocenters. The Kier molecular flexibility index (Phi) is 2.44. The van der Waals surface area contributed by atoms with E-state index in [9.17, 15) is 4.79 Å². The lowest BCUT2D eigenvalue weighted by atomic mass is 10.0. The Labute approximate surface area is 89.3 Å². The Morgan fingerprint density at radius 2 is 2.27 bits per heavy atom. The molecule has 0 aliphatic carbocycles. The van der Waals surface area contributed by atoms with Crippen LogP contribution in [0.3, 0.4) is 0 Å². The van der Waals surface area contributed by atoms with Gasteiger partial charge in [0, 0.05) is 19.3 Å². The lowest BCUT2D eigenvalue weighted by molar-refractivity contribution is -0.125. The SMILES string of the molecule is CC1(C)NCCN(c2ccccn2)C1=O. The summed E-state index contributed by atoms with van der Waals surface area (Å²) in [6.07, 6.45) is 1.71. The fourth-order valence-corrected chi connectivity index (χ4v) is 1.73. The lowest BCUT2D eigenvalue weighted by Gasteiger charge is -2.37. The largest absolute Gasteiger partial charge is 0.302 e. The summed E-state index contributed by atoms with van der Waals surface area (Å²) in [5.74, 6) is 0.810. The van der Waals surface area contributed by atoms with Crippen LogP contribution in [0.1, 0.15) is 13.8 Å². The highest BCUT2D eigenvalue weighted by atomic mass is 16.2. The van der Waals surface area contributed by atoms with Crippen molar-refractivity contribution in [1.29, 1.82) is 0 Å². The van der Waals surface area contributed by atoms with Gasteiger partial charge in [-0.1, -0.05) is 6.07 Å². The van der Waals surface area contributed by atoms with Gasteiger partial charge >= 0.3 is 0 Å². The highest BCUT2D eigenvalue weighted by Crippen LogP contribution is 2.18. The van der Waals surface area contributed by atoms with Crippen LogP contribution in [-0.2, 0) is 4.79 Å². The molecule has 0 saturated carbocycles. The predicted molar refractivity (Wildman–Crippen MR) is 58.7 cm³/mol. The van der Waals surface area contributed by atoms with Crippen molar-refractivity contribution in [3.8, 4) is 0 Å². The van der Waals surface area contributed by atoms with Crippen LogP contribution in [0.4, 0.5) is 5.82 Å². The molecule has 2 heterocycles. The Bertz CT molecular complexity index is 361. The first-order chi connectivity index (χ1) is 7.11. The van der Waals surface area contributed by atoms with Crippen molar-refractivity contribution < 1.29 is 4.79 Å². The molecule has 15 heavy (non-hydrogen) atoms. The van der Waals surface area contributed by atoms with Gasteiger partial charge in [-0.3, -0.25) is 9.69 Å². The third kappa shape index (κ3) is 1.85. The van der Waals surface area contributed by atoms with Crippen LogP contribution in [0, 0.1) is 0 Å². The quantitative estimate of drug-likeness (QED) is 0.737. The van der Waals surface area contributed by atoms with Crippen LogP contribution >= 0.6 is 0 Å². The topological polar surface area (TPSA) is 45.2 Å². The highest BCUT2D eigenvalue weighted by Gasteiger charge is 2.36. The van der Waals surface area contributed by atoms with E-state index < -0.39 is 5.54 Å². The summed E-state index contributed by atoms with van der Waals surface area (Å²) < 4.78 is 0. The number of pyridine rings is 1. The van der Waals surface area contributed by atoms with Crippen molar-refractivity contribution >= 4 is 11.7 Å². The fourth-order valence-electron chi connectivity index (χ4n) is 1.73. The molecule has 2 rings (SSSR count). The van der Waals surface area contributed by atoms with Crippen LogP contribution in [0.15, 0.2) is 24.4 Å². The minimum absolute atomic E-state index is 0.0763. The zero-order valence-corrected chi connectivity index (χ0v) is 9.03. The minimum Gasteiger partial charge on any atom is -0.302 e. The Morgan fingerprint density at radius 1 is 1.47 bits per heavy atom. The summed E-state index contributed by atoms with van der Waals surface area (Å²) in [5, 5.41) is 3.19. The first kappa shape index (κ1) is 10.1. The van der Waals surface area contributed by atoms with E-state index in [1.165, 1.54) is 0 Å². The molecule has 1 saturated heterocycles. The van der Waals surface area contributed by atoms with Crippen molar-refractivity contribution in [1.82, 2.24) is 10.3 Å². The number of carbonyl (C=O) groups is 1. The molecule has 1 N–H and O–H groups in total. The van der Waals surface area contributed by atoms with Gasteiger partial charge in [0.15, 0.2) is 0 Å². The van der Waals surface area contributed by atoms with E-state index in [1.807, 2.05) is 32.0 Å². The monoisotopic (exact) mass is 205 g/mol. The summed E-state index contributed by atoms with van der Waals surface area (Å²) in [4.78, 5) is 18.0. The molecule has 0 unspecified atom stereocenters. The fraction of sp³-hybridized carbons (Fsp3) is 0.455. The third-order valence-electron chi connectivity index (χ3n) is 2.61. The maximum Gasteiger partial charge on any atom is 0.247 e. The smallest absolute Gasteiger partial charge is 0.247 e. The second-order valence-corrected chi connectivity index (χ2v) is 4.20. The Morgan fingerprint density at radius 3 is 2.93 bits per heavy atom. The van der Waals surface area contributed by atoms with Crippen molar-refractivity contribution in [3.63, 3.8) is 0 Å². The predicted octanol–water partition coefficient (Wildman–Crippen LogP) is 0.796. The van der Waals surface area contributed by atoms with Crippen LogP contribution in [-0.4, -0.2) is 29.5 Å². The zero-order valence-electron chi connectivity index (χ0n) is 9.03. The molecular weight excluding hydrogens is 190 g/mol. The van der Waals surface area contributed by atoms with E-state index in [0.29, 0.717) is 6.54 Å². The molecule has 1 aromatic heterocycles. The summed E-state index contributed by atoms with van der Waals surface area (Å²) in [6, 6.07) is 5.60. The van der Waals surface area contributed by atoms with Gasteiger partial charge in [0.05, 0.1) is 5.54 Å². The van der Waals surface area contributed by atoms with Crippen LogP contribution in [0.5, 0.6) is 0 Å². The molecule has 1 amide bonds.